The van der Waals surface area contributed by atoms with Crippen molar-refractivity contribution in [2.45, 2.75) is 64.6 Å². The Morgan fingerprint density at radius 1 is 0.897 bits per heavy atom. The summed E-state index contributed by atoms with van der Waals surface area (Å²) in [7, 11) is 1.72. The standard InChI is InChI=1S/C25H36O4/c1-21(11-8-9-17-27-25(2,3)16-18-26-4)28-29-24-15-10-14-23(20-24)19-22-12-6-5-7-13-22/h5-7,10,12-15,20-21H,8-9,11,16-19H2,1-4H3. The maximum atomic E-state index is 5.95. The fraction of sp³-hybridized carbons (Fsp3) is 0.520. The van der Waals surface area contributed by atoms with Crippen LogP contribution < -0.4 is 4.89 Å². The van der Waals surface area contributed by atoms with E-state index in [-0.39, 0.29) is 11.7 Å². The van der Waals surface area contributed by atoms with Crippen LogP contribution in [0.15, 0.2) is 54.6 Å². The molecule has 0 aliphatic carbocycles. The normalized spacial score (nSPS) is 12.7. The zero-order chi connectivity index (χ0) is 21.0. The molecule has 4 nitrogen and oxygen atoms in total. The highest BCUT2D eigenvalue weighted by molar-refractivity contribution is 5.32. The molecule has 0 saturated carbocycles. The quantitative estimate of drug-likeness (QED) is 0.222. The lowest BCUT2D eigenvalue weighted by molar-refractivity contribution is -0.241. The Morgan fingerprint density at radius 3 is 2.41 bits per heavy atom. The summed E-state index contributed by atoms with van der Waals surface area (Å²) in [5, 5.41) is 0. The zero-order valence-electron chi connectivity index (χ0n) is 18.4. The third-order valence-electron chi connectivity index (χ3n) is 4.86. The minimum Gasteiger partial charge on any atom is -0.385 e. The smallest absolute Gasteiger partial charge is 0.165 e. The molecule has 0 saturated heterocycles. The van der Waals surface area contributed by atoms with Crippen molar-refractivity contribution in [3.8, 4) is 5.75 Å². The summed E-state index contributed by atoms with van der Waals surface area (Å²) in [5.74, 6) is 0.744. The van der Waals surface area contributed by atoms with Gasteiger partial charge in [-0.3, -0.25) is 0 Å². The highest BCUT2D eigenvalue weighted by atomic mass is 17.2. The van der Waals surface area contributed by atoms with Crippen molar-refractivity contribution in [2.24, 2.45) is 0 Å². The molecule has 0 aromatic heterocycles. The molecule has 160 valence electrons. The Morgan fingerprint density at radius 2 is 1.66 bits per heavy atom. The van der Waals surface area contributed by atoms with Gasteiger partial charge in [-0.15, -0.1) is 0 Å². The van der Waals surface area contributed by atoms with Gasteiger partial charge in [-0.05, 0) is 76.1 Å². The largest absolute Gasteiger partial charge is 0.385 e. The summed E-state index contributed by atoms with van der Waals surface area (Å²) < 4.78 is 11.1. The first-order valence-corrected chi connectivity index (χ1v) is 10.6. The van der Waals surface area contributed by atoms with Crippen LogP contribution in [0.3, 0.4) is 0 Å². The van der Waals surface area contributed by atoms with Gasteiger partial charge in [0.2, 0.25) is 0 Å². The predicted octanol–water partition coefficient (Wildman–Crippen LogP) is 5.98. The molecule has 2 aromatic carbocycles. The molecular weight excluding hydrogens is 364 g/mol. The Bertz CT molecular complexity index is 684. The highest BCUT2D eigenvalue weighted by Gasteiger charge is 2.17. The van der Waals surface area contributed by atoms with Gasteiger partial charge in [0.1, 0.15) is 6.10 Å². The third-order valence-corrected chi connectivity index (χ3v) is 4.86. The van der Waals surface area contributed by atoms with Crippen LogP contribution in [-0.2, 0) is 20.8 Å². The number of unbranched alkanes of at least 4 members (excludes halogenated alkanes) is 1. The molecule has 0 heterocycles. The minimum absolute atomic E-state index is 0.0364. The second kappa shape index (κ2) is 12.6. The van der Waals surface area contributed by atoms with E-state index in [1.165, 1.54) is 11.1 Å². The van der Waals surface area contributed by atoms with Crippen LogP contribution in [0.25, 0.3) is 0 Å². The number of benzene rings is 2. The zero-order valence-corrected chi connectivity index (χ0v) is 18.4. The maximum absolute atomic E-state index is 5.95. The monoisotopic (exact) mass is 400 g/mol. The van der Waals surface area contributed by atoms with Crippen molar-refractivity contribution < 1.29 is 19.2 Å². The van der Waals surface area contributed by atoms with Crippen LogP contribution in [0.5, 0.6) is 5.75 Å². The van der Waals surface area contributed by atoms with Crippen molar-refractivity contribution in [3.05, 3.63) is 65.7 Å². The average molecular weight is 401 g/mol. The van der Waals surface area contributed by atoms with Gasteiger partial charge < -0.3 is 14.4 Å². The Kier molecular flexibility index (Phi) is 10.2. The lowest BCUT2D eigenvalue weighted by Gasteiger charge is -2.25. The molecule has 0 radical (unpaired) electrons. The van der Waals surface area contributed by atoms with Gasteiger partial charge in [0.05, 0.1) is 5.60 Å². The number of hydrogen-bond acceptors (Lipinski definition) is 4. The SMILES string of the molecule is COCCC(C)(C)OCCCCC(C)OOc1cccc(Cc2ccccc2)c1. The Balaban J connectivity index is 1.64. The molecule has 0 aliphatic heterocycles. The Hall–Kier alpha value is -1.88. The first-order valence-electron chi connectivity index (χ1n) is 10.6. The lowest BCUT2D eigenvalue weighted by atomic mass is 10.1. The number of hydrogen-bond donors (Lipinski definition) is 0. The molecule has 1 atom stereocenters. The molecule has 2 rings (SSSR count). The van der Waals surface area contributed by atoms with Crippen LogP contribution in [0.4, 0.5) is 0 Å². The van der Waals surface area contributed by atoms with E-state index in [0.717, 1.165) is 51.1 Å². The summed E-state index contributed by atoms with van der Waals surface area (Å²) in [5.41, 5.74) is 2.36. The van der Waals surface area contributed by atoms with E-state index >= 15 is 0 Å². The van der Waals surface area contributed by atoms with E-state index in [1.807, 2.05) is 31.2 Å². The van der Waals surface area contributed by atoms with E-state index in [4.69, 9.17) is 19.2 Å². The third kappa shape index (κ3) is 9.93. The molecule has 0 fully saturated rings. The molecule has 2 aromatic rings. The van der Waals surface area contributed by atoms with Gasteiger partial charge in [-0.25, -0.2) is 0 Å². The number of ether oxygens (including phenoxy) is 2. The van der Waals surface area contributed by atoms with E-state index in [2.05, 4.69) is 44.2 Å². The second-order valence-electron chi connectivity index (χ2n) is 8.15. The van der Waals surface area contributed by atoms with Crippen LogP contribution >= 0.6 is 0 Å². The molecule has 4 heteroatoms. The fourth-order valence-corrected chi connectivity index (χ4v) is 3.03. The van der Waals surface area contributed by atoms with Gasteiger partial charge in [0.25, 0.3) is 0 Å². The number of methoxy groups -OCH3 is 1. The summed E-state index contributed by atoms with van der Waals surface area (Å²) in [4.78, 5) is 11.1. The lowest BCUT2D eigenvalue weighted by Crippen LogP contribution is -2.26. The molecule has 0 aliphatic rings. The molecule has 0 N–H and O–H groups in total. The van der Waals surface area contributed by atoms with Crippen LogP contribution in [0.2, 0.25) is 0 Å². The van der Waals surface area contributed by atoms with Gasteiger partial charge in [-0.2, -0.15) is 4.89 Å². The van der Waals surface area contributed by atoms with E-state index < -0.39 is 0 Å². The molecule has 1 unspecified atom stereocenters. The first kappa shape index (κ1) is 23.4. The van der Waals surface area contributed by atoms with E-state index in [9.17, 15) is 0 Å². The summed E-state index contributed by atoms with van der Waals surface area (Å²) in [6.07, 6.45) is 4.81. The molecule has 0 bridgehead atoms. The first-order chi connectivity index (χ1) is 14.0. The molecule has 29 heavy (non-hydrogen) atoms. The van der Waals surface area contributed by atoms with Crippen LogP contribution in [0.1, 0.15) is 57.6 Å². The van der Waals surface area contributed by atoms with Crippen LogP contribution in [-0.4, -0.2) is 32.0 Å². The topological polar surface area (TPSA) is 36.9 Å². The van der Waals surface area contributed by atoms with Crippen molar-refractivity contribution >= 4 is 0 Å². The average Bonchev–Trinajstić information content (AvgIpc) is 2.71. The molecule has 0 spiro atoms. The molecular formula is C25H36O4. The Labute approximate surface area is 176 Å². The number of rotatable bonds is 14. The summed E-state index contributed by atoms with van der Waals surface area (Å²) in [6.45, 7) is 7.74. The summed E-state index contributed by atoms with van der Waals surface area (Å²) in [6, 6.07) is 18.5. The van der Waals surface area contributed by atoms with E-state index in [0.29, 0.717) is 0 Å². The van der Waals surface area contributed by atoms with E-state index in [1.54, 1.807) is 7.11 Å². The van der Waals surface area contributed by atoms with Crippen molar-refractivity contribution in [1.82, 2.24) is 0 Å². The maximum Gasteiger partial charge on any atom is 0.165 e. The van der Waals surface area contributed by atoms with Crippen molar-refractivity contribution in [1.29, 1.82) is 0 Å². The van der Waals surface area contributed by atoms with Gasteiger partial charge in [0, 0.05) is 20.3 Å². The van der Waals surface area contributed by atoms with Crippen molar-refractivity contribution in [2.75, 3.05) is 20.3 Å². The second-order valence-corrected chi connectivity index (χ2v) is 8.15. The fourth-order valence-electron chi connectivity index (χ4n) is 3.03. The van der Waals surface area contributed by atoms with Gasteiger partial charge >= 0.3 is 0 Å². The minimum atomic E-state index is -0.133. The predicted molar refractivity (Wildman–Crippen MR) is 117 cm³/mol. The highest BCUT2D eigenvalue weighted by Crippen LogP contribution is 2.19. The molecule has 0 amide bonds. The van der Waals surface area contributed by atoms with Crippen LogP contribution in [0, 0.1) is 0 Å². The summed E-state index contributed by atoms with van der Waals surface area (Å²) >= 11 is 0. The van der Waals surface area contributed by atoms with Gasteiger partial charge in [0.15, 0.2) is 5.75 Å². The van der Waals surface area contributed by atoms with Gasteiger partial charge in [-0.1, -0.05) is 42.5 Å². The van der Waals surface area contributed by atoms with Crippen molar-refractivity contribution in [3.63, 3.8) is 0 Å².